The minimum atomic E-state index is -1.43. The summed E-state index contributed by atoms with van der Waals surface area (Å²) in [5.41, 5.74) is -0.639. The Morgan fingerprint density at radius 2 is 2.20 bits per heavy atom. The van der Waals surface area contributed by atoms with E-state index in [0.29, 0.717) is 13.0 Å². The highest BCUT2D eigenvalue weighted by Crippen LogP contribution is 2.19. The summed E-state index contributed by atoms with van der Waals surface area (Å²) < 4.78 is 18.7. The van der Waals surface area contributed by atoms with Crippen molar-refractivity contribution in [2.24, 2.45) is 0 Å². The van der Waals surface area contributed by atoms with Gasteiger partial charge in [-0.25, -0.2) is 14.0 Å². The number of aromatic carboxylic acids is 1. The number of rotatable bonds is 3. The maximum absolute atomic E-state index is 13.4. The van der Waals surface area contributed by atoms with Crippen LogP contribution in [-0.4, -0.2) is 35.9 Å². The maximum atomic E-state index is 13.4. The minimum absolute atomic E-state index is 0.0819. The molecule has 1 aliphatic heterocycles. The number of carbonyl (C=O) groups excluding carboxylic acids is 1. The molecule has 6 nitrogen and oxygen atoms in total. The predicted molar refractivity (Wildman–Crippen MR) is 69.3 cm³/mol. The topological polar surface area (TPSA) is 87.7 Å². The summed E-state index contributed by atoms with van der Waals surface area (Å²) in [4.78, 5) is 22.8. The van der Waals surface area contributed by atoms with Crippen molar-refractivity contribution in [3.8, 4) is 0 Å². The molecule has 20 heavy (non-hydrogen) atoms. The van der Waals surface area contributed by atoms with Gasteiger partial charge < -0.3 is 20.5 Å². The van der Waals surface area contributed by atoms with Gasteiger partial charge >= 0.3 is 12.0 Å². The van der Waals surface area contributed by atoms with Gasteiger partial charge in [-0.05, 0) is 25.5 Å². The summed E-state index contributed by atoms with van der Waals surface area (Å²) in [5.74, 6) is -2.33. The number of ether oxygens (including phenoxy) is 1. The van der Waals surface area contributed by atoms with E-state index in [4.69, 9.17) is 9.84 Å². The van der Waals surface area contributed by atoms with Crippen LogP contribution in [-0.2, 0) is 4.74 Å². The summed E-state index contributed by atoms with van der Waals surface area (Å²) in [6.45, 7) is 2.40. The molecule has 1 fully saturated rings. The van der Waals surface area contributed by atoms with Gasteiger partial charge in [0.15, 0.2) is 0 Å². The molecule has 1 aliphatic rings. The molecule has 0 radical (unpaired) electrons. The van der Waals surface area contributed by atoms with E-state index >= 15 is 0 Å². The first kappa shape index (κ1) is 14.3. The van der Waals surface area contributed by atoms with Crippen LogP contribution >= 0.6 is 0 Å². The molecule has 2 atom stereocenters. The fourth-order valence-corrected chi connectivity index (χ4v) is 2.09. The van der Waals surface area contributed by atoms with Crippen molar-refractivity contribution >= 4 is 17.7 Å². The highest BCUT2D eigenvalue weighted by molar-refractivity contribution is 6.00. The number of amides is 2. The van der Waals surface area contributed by atoms with Crippen LogP contribution in [0.4, 0.5) is 14.9 Å². The zero-order chi connectivity index (χ0) is 14.7. The molecule has 1 heterocycles. The average molecular weight is 282 g/mol. The zero-order valence-electron chi connectivity index (χ0n) is 10.9. The fourth-order valence-electron chi connectivity index (χ4n) is 2.09. The normalized spacial score (nSPS) is 21.5. The van der Waals surface area contributed by atoms with E-state index in [1.165, 1.54) is 12.1 Å². The van der Waals surface area contributed by atoms with Crippen LogP contribution in [0.15, 0.2) is 18.2 Å². The molecule has 0 saturated carbocycles. The number of urea groups is 1. The predicted octanol–water partition coefficient (Wildman–Crippen LogP) is 1.82. The lowest BCUT2D eigenvalue weighted by atomic mass is 10.1. The lowest BCUT2D eigenvalue weighted by molar-refractivity contribution is 0.0693. The first-order valence-corrected chi connectivity index (χ1v) is 6.20. The molecule has 2 amide bonds. The molecule has 1 aromatic rings. The van der Waals surface area contributed by atoms with E-state index in [1.54, 1.807) is 0 Å². The molecular weight excluding hydrogens is 267 g/mol. The highest BCUT2D eigenvalue weighted by atomic mass is 19.1. The number of carboxylic acid groups (broad SMARTS) is 1. The molecule has 7 heteroatoms. The van der Waals surface area contributed by atoms with Crippen molar-refractivity contribution in [3.63, 3.8) is 0 Å². The smallest absolute Gasteiger partial charge is 0.340 e. The van der Waals surface area contributed by atoms with Crippen LogP contribution in [0.25, 0.3) is 0 Å². The van der Waals surface area contributed by atoms with Crippen molar-refractivity contribution in [2.45, 2.75) is 25.5 Å². The first-order valence-electron chi connectivity index (χ1n) is 6.20. The van der Waals surface area contributed by atoms with Crippen molar-refractivity contribution in [3.05, 3.63) is 29.6 Å². The number of benzene rings is 1. The molecule has 0 aliphatic carbocycles. The Morgan fingerprint density at radius 3 is 2.80 bits per heavy atom. The van der Waals surface area contributed by atoms with Gasteiger partial charge in [0.25, 0.3) is 0 Å². The second-order valence-corrected chi connectivity index (χ2v) is 4.54. The molecular formula is C13H15FN2O4. The van der Waals surface area contributed by atoms with Crippen LogP contribution in [0.2, 0.25) is 0 Å². The Balaban J connectivity index is 2.08. The van der Waals surface area contributed by atoms with E-state index < -0.39 is 23.4 Å². The zero-order valence-corrected chi connectivity index (χ0v) is 10.9. The van der Waals surface area contributed by atoms with Gasteiger partial charge in [-0.15, -0.1) is 0 Å². The molecule has 2 rings (SSSR count). The van der Waals surface area contributed by atoms with E-state index in [1.807, 2.05) is 6.92 Å². The molecule has 1 aromatic carbocycles. The van der Waals surface area contributed by atoms with Crippen molar-refractivity contribution in [2.75, 3.05) is 11.9 Å². The number of carboxylic acids is 1. The van der Waals surface area contributed by atoms with Crippen molar-refractivity contribution < 1.29 is 23.8 Å². The molecule has 0 bridgehead atoms. The lowest BCUT2D eigenvalue weighted by Gasteiger charge is -2.17. The van der Waals surface area contributed by atoms with Gasteiger partial charge in [-0.3, -0.25) is 0 Å². The quantitative estimate of drug-likeness (QED) is 0.789. The first-order chi connectivity index (χ1) is 9.49. The highest BCUT2D eigenvalue weighted by Gasteiger charge is 2.26. The Kier molecular flexibility index (Phi) is 4.19. The Labute approximate surface area is 114 Å². The standard InChI is InChI=1S/C13H15FN2O4/c1-7-9(5-6-20-7)15-13(19)16-10-4-2-3-8(14)11(10)12(17)18/h2-4,7,9H,5-6H2,1H3,(H,17,18)(H2,15,16,19). The maximum Gasteiger partial charge on any atom is 0.340 e. The fraction of sp³-hybridized carbons (Fsp3) is 0.385. The molecule has 108 valence electrons. The van der Waals surface area contributed by atoms with Crippen LogP contribution in [0.3, 0.4) is 0 Å². The largest absolute Gasteiger partial charge is 0.478 e. The summed E-state index contributed by atoms with van der Waals surface area (Å²) in [6, 6.07) is 2.97. The van der Waals surface area contributed by atoms with Gasteiger partial charge in [0.05, 0.1) is 17.8 Å². The number of halogens is 1. The summed E-state index contributed by atoms with van der Waals surface area (Å²) in [5, 5.41) is 14.0. The Morgan fingerprint density at radius 1 is 1.45 bits per heavy atom. The molecule has 0 spiro atoms. The summed E-state index contributed by atoms with van der Waals surface area (Å²) in [6.07, 6.45) is 0.580. The number of nitrogens with one attached hydrogen (secondary N) is 2. The van der Waals surface area contributed by atoms with Crippen LogP contribution in [0.1, 0.15) is 23.7 Å². The van der Waals surface area contributed by atoms with Gasteiger partial charge in [0.1, 0.15) is 11.4 Å². The van der Waals surface area contributed by atoms with Crippen molar-refractivity contribution in [1.29, 1.82) is 0 Å². The Bertz CT molecular complexity index is 535. The van der Waals surface area contributed by atoms with Crippen molar-refractivity contribution in [1.82, 2.24) is 5.32 Å². The van der Waals surface area contributed by atoms with Gasteiger partial charge in [0, 0.05) is 6.61 Å². The SMILES string of the molecule is CC1OCCC1NC(=O)Nc1cccc(F)c1C(=O)O. The van der Waals surface area contributed by atoms with E-state index in [0.717, 1.165) is 6.07 Å². The second-order valence-electron chi connectivity index (χ2n) is 4.54. The van der Waals surface area contributed by atoms with Crippen LogP contribution < -0.4 is 10.6 Å². The van der Waals surface area contributed by atoms with E-state index in [9.17, 15) is 14.0 Å². The third-order valence-electron chi connectivity index (χ3n) is 3.17. The van der Waals surface area contributed by atoms with E-state index in [2.05, 4.69) is 10.6 Å². The lowest BCUT2D eigenvalue weighted by Crippen LogP contribution is -2.41. The number of hydrogen-bond acceptors (Lipinski definition) is 3. The number of carbonyl (C=O) groups is 2. The number of hydrogen-bond donors (Lipinski definition) is 3. The monoisotopic (exact) mass is 282 g/mol. The number of anilines is 1. The summed E-state index contributed by atoms with van der Waals surface area (Å²) >= 11 is 0. The summed E-state index contributed by atoms with van der Waals surface area (Å²) in [7, 11) is 0. The van der Waals surface area contributed by atoms with Crippen LogP contribution in [0.5, 0.6) is 0 Å². The molecule has 3 N–H and O–H groups in total. The molecule has 1 saturated heterocycles. The molecule has 0 aromatic heterocycles. The Hall–Kier alpha value is -2.15. The van der Waals surface area contributed by atoms with Gasteiger partial charge in [-0.1, -0.05) is 6.07 Å². The molecule has 2 unspecified atom stereocenters. The minimum Gasteiger partial charge on any atom is -0.478 e. The van der Waals surface area contributed by atoms with Gasteiger partial charge in [0.2, 0.25) is 0 Å². The second kappa shape index (κ2) is 5.87. The van der Waals surface area contributed by atoms with Gasteiger partial charge in [-0.2, -0.15) is 0 Å². The third-order valence-corrected chi connectivity index (χ3v) is 3.17. The average Bonchev–Trinajstić information content (AvgIpc) is 2.74. The van der Waals surface area contributed by atoms with E-state index in [-0.39, 0.29) is 17.8 Å². The third kappa shape index (κ3) is 3.05. The van der Waals surface area contributed by atoms with Crippen LogP contribution in [0, 0.1) is 5.82 Å².